The van der Waals surface area contributed by atoms with E-state index in [9.17, 15) is 35.8 Å². The number of fused-ring (bicyclic) bond motifs is 1. The minimum atomic E-state index is -4.60. The number of aromatic nitrogens is 1. The zero-order valence-corrected chi connectivity index (χ0v) is 23.8. The third kappa shape index (κ3) is 6.36. The number of benzene rings is 3. The highest BCUT2D eigenvalue weighted by atomic mass is 19.4. The van der Waals surface area contributed by atoms with Crippen LogP contribution in [0, 0.1) is 11.7 Å². The van der Waals surface area contributed by atoms with Gasteiger partial charge in [-0.2, -0.15) is 26.3 Å². The summed E-state index contributed by atoms with van der Waals surface area (Å²) in [6.07, 6.45) is -11.1. The van der Waals surface area contributed by atoms with Gasteiger partial charge < -0.3 is 5.11 Å². The number of hydrogen-bond donors (Lipinski definition) is 1. The number of halogens is 8. The van der Waals surface area contributed by atoms with Crippen LogP contribution in [0.25, 0.3) is 11.1 Å². The number of pyridine rings is 1. The van der Waals surface area contributed by atoms with Crippen molar-refractivity contribution in [3.8, 4) is 11.1 Å². The van der Waals surface area contributed by atoms with Gasteiger partial charge in [-0.3, -0.25) is 4.98 Å². The molecule has 0 fully saturated rings. The van der Waals surface area contributed by atoms with E-state index in [0.29, 0.717) is 40.9 Å². The van der Waals surface area contributed by atoms with Gasteiger partial charge in [-0.25, -0.2) is 8.78 Å². The Morgan fingerprint density at radius 2 is 1.36 bits per heavy atom. The molecule has 3 atom stereocenters. The SMILES string of the molecule is CC(C)c1nc2c(c(-c3ccc(F)cc3)c1C(F)c1ccc(C(F)(F)F)cc1)C(O)C(Cc1ccc(C(F)(F)F)cc1)CC2. The maximum absolute atomic E-state index is 16.6. The van der Waals surface area contributed by atoms with Gasteiger partial charge in [0.1, 0.15) is 5.82 Å². The van der Waals surface area contributed by atoms with Crippen molar-refractivity contribution in [2.45, 2.75) is 63.7 Å². The Morgan fingerprint density at radius 3 is 1.89 bits per heavy atom. The zero-order chi connectivity index (χ0) is 32.0. The number of aliphatic hydroxyl groups is 1. The topological polar surface area (TPSA) is 33.1 Å². The summed E-state index contributed by atoms with van der Waals surface area (Å²) in [5, 5.41) is 11.8. The van der Waals surface area contributed by atoms with Crippen LogP contribution >= 0.6 is 0 Å². The molecule has 10 heteroatoms. The van der Waals surface area contributed by atoms with Crippen molar-refractivity contribution in [1.82, 2.24) is 4.98 Å². The van der Waals surface area contributed by atoms with E-state index < -0.39 is 47.5 Å². The third-order valence-corrected chi connectivity index (χ3v) is 8.12. The van der Waals surface area contributed by atoms with Crippen LogP contribution in [0.2, 0.25) is 0 Å². The molecule has 5 rings (SSSR count). The molecule has 0 spiro atoms. The molecular weight excluding hydrogens is 590 g/mol. The fraction of sp³-hybridized carbons (Fsp3) is 0.324. The minimum Gasteiger partial charge on any atom is -0.388 e. The molecule has 44 heavy (non-hydrogen) atoms. The molecule has 1 aromatic heterocycles. The van der Waals surface area contributed by atoms with Crippen LogP contribution in [0.4, 0.5) is 35.1 Å². The van der Waals surface area contributed by atoms with Crippen molar-refractivity contribution in [3.05, 3.63) is 123 Å². The summed E-state index contributed by atoms with van der Waals surface area (Å²) in [6.45, 7) is 3.61. The summed E-state index contributed by atoms with van der Waals surface area (Å²) >= 11 is 0. The largest absolute Gasteiger partial charge is 0.416 e. The lowest BCUT2D eigenvalue weighted by atomic mass is 9.75. The number of alkyl halides is 7. The minimum absolute atomic E-state index is 0.0448. The van der Waals surface area contributed by atoms with Crippen LogP contribution in [-0.2, 0) is 25.2 Å². The van der Waals surface area contributed by atoms with Gasteiger partial charge in [-0.05, 0) is 89.8 Å². The molecule has 3 unspecified atom stereocenters. The first-order chi connectivity index (χ1) is 20.6. The van der Waals surface area contributed by atoms with Gasteiger partial charge in [-0.15, -0.1) is 0 Å². The Hall–Kier alpha value is -3.79. The summed E-state index contributed by atoms with van der Waals surface area (Å²) in [6, 6.07) is 13.7. The van der Waals surface area contributed by atoms with E-state index in [-0.39, 0.29) is 29.0 Å². The Bertz CT molecular complexity index is 1610. The second-order valence-electron chi connectivity index (χ2n) is 11.4. The monoisotopic (exact) mass is 619 g/mol. The number of hydrogen-bond acceptors (Lipinski definition) is 2. The average molecular weight is 620 g/mol. The number of rotatable bonds is 6. The molecule has 1 N–H and O–H groups in total. The average Bonchev–Trinajstić information content (AvgIpc) is 2.97. The first kappa shape index (κ1) is 31.6. The van der Waals surface area contributed by atoms with E-state index in [1.165, 1.54) is 36.4 Å². The van der Waals surface area contributed by atoms with Crippen LogP contribution in [0.15, 0.2) is 72.8 Å². The van der Waals surface area contributed by atoms with Crippen molar-refractivity contribution in [1.29, 1.82) is 0 Å². The molecule has 0 saturated carbocycles. The number of aryl methyl sites for hydroxylation is 1. The van der Waals surface area contributed by atoms with Crippen molar-refractivity contribution in [3.63, 3.8) is 0 Å². The first-order valence-corrected chi connectivity index (χ1v) is 14.1. The Morgan fingerprint density at radius 1 is 0.818 bits per heavy atom. The Kier molecular flexibility index (Phi) is 8.59. The second kappa shape index (κ2) is 12.0. The van der Waals surface area contributed by atoms with Gasteiger partial charge >= 0.3 is 12.4 Å². The van der Waals surface area contributed by atoms with E-state index in [1.807, 2.05) is 0 Å². The summed E-state index contributed by atoms with van der Waals surface area (Å²) in [5.74, 6) is -1.31. The fourth-order valence-corrected chi connectivity index (χ4v) is 5.89. The molecule has 2 nitrogen and oxygen atoms in total. The second-order valence-corrected chi connectivity index (χ2v) is 11.4. The Labute approximate surface area is 249 Å². The van der Waals surface area contributed by atoms with Crippen molar-refractivity contribution >= 4 is 0 Å². The van der Waals surface area contributed by atoms with E-state index in [4.69, 9.17) is 4.98 Å². The molecule has 1 heterocycles. The molecule has 3 aromatic carbocycles. The van der Waals surface area contributed by atoms with Crippen molar-refractivity contribution in [2.75, 3.05) is 0 Å². The molecule has 1 aliphatic carbocycles. The van der Waals surface area contributed by atoms with Crippen molar-refractivity contribution < 1.29 is 40.2 Å². The highest BCUT2D eigenvalue weighted by Crippen LogP contribution is 2.48. The van der Waals surface area contributed by atoms with Gasteiger partial charge in [0.25, 0.3) is 0 Å². The molecular formula is C34H29F8NO. The molecule has 232 valence electrons. The Balaban J connectivity index is 1.64. The molecule has 1 aliphatic rings. The lowest BCUT2D eigenvalue weighted by Crippen LogP contribution is -2.26. The standard InChI is InChI=1S/C34H29F8NO/c1-18(2)31-29(30(36)21-5-12-24(13-6-21)34(40,41)42)27(20-7-14-25(35)15-8-20)28-26(43-31)16-9-22(32(28)44)17-19-3-10-23(11-4-19)33(37,38)39/h3-8,10-15,18,22,30,32,44H,9,16-17H2,1-2H3. The maximum atomic E-state index is 16.6. The smallest absolute Gasteiger partial charge is 0.388 e. The first-order valence-electron chi connectivity index (χ1n) is 14.1. The summed E-state index contributed by atoms with van der Waals surface area (Å²) in [4.78, 5) is 4.77. The quantitative estimate of drug-likeness (QED) is 0.218. The van der Waals surface area contributed by atoms with Crippen LogP contribution in [-0.4, -0.2) is 10.1 Å². The van der Waals surface area contributed by atoms with Crippen LogP contribution in [0.5, 0.6) is 0 Å². The van der Waals surface area contributed by atoms with Crippen LogP contribution < -0.4 is 0 Å². The van der Waals surface area contributed by atoms with Crippen molar-refractivity contribution in [2.24, 2.45) is 5.92 Å². The lowest BCUT2D eigenvalue weighted by molar-refractivity contribution is -0.138. The van der Waals surface area contributed by atoms with Crippen LogP contribution in [0.1, 0.15) is 83.2 Å². The molecule has 0 aliphatic heterocycles. The highest BCUT2D eigenvalue weighted by molar-refractivity contribution is 5.75. The summed E-state index contributed by atoms with van der Waals surface area (Å²) in [7, 11) is 0. The van der Waals surface area contributed by atoms with E-state index in [1.54, 1.807) is 13.8 Å². The van der Waals surface area contributed by atoms with Gasteiger partial charge in [0, 0.05) is 16.8 Å². The van der Waals surface area contributed by atoms with Crippen LogP contribution in [0.3, 0.4) is 0 Å². The number of nitrogens with zero attached hydrogens (tertiary/aromatic N) is 1. The van der Waals surface area contributed by atoms with Gasteiger partial charge in [0.2, 0.25) is 0 Å². The van der Waals surface area contributed by atoms with E-state index in [2.05, 4.69) is 0 Å². The molecule has 0 amide bonds. The van der Waals surface area contributed by atoms with E-state index >= 15 is 4.39 Å². The van der Waals surface area contributed by atoms with E-state index in [0.717, 1.165) is 36.4 Å². The predicted molar refractivity (Wildman–Crippen MR) is 150 cm³/mol. The maximum Gasteiger partial charge on any atom is 0.416 e. The van der Waals surface area contributed by atoms with Gasteiger partial charge in [0.05, 0.1) is 22.9 Å². The highest BCUT2D eigenvalue weighted by Gasteiger charge is 2.37. The normalized spacial score (nSPS) is 17.9. The van der Waals surface area contributed by atoms with Gasteiger partial charge in [-0.1, -0.05) is 50.2 Å². The zero-order valence-electron chi connectivity index (χ0n) is 23.8. The third-order valence-electron chi connectivity index (χ3n) is 8.12. The predicted octanol–water partition coefficient (Wildman–Crippen LogP) is 9.95. The molecule has 0 bridgehead atoms. The molecule has 0 radical (unpaired) electrons. The van der Waals surface area contributed by atoms with Gasteiger partial charge in [0.15, 0.2) is 6.17 Å². The fourth-order valence-electron chi connectivity index (χ4n) is 5.89. The summed E-state index contributed by atoms with van der Waals surface area (Å²) < 4.78 is 110. The molecule has 0 saturated heterocycles. The number of aliphatic hydroxyl groups excluding tert-OH is 1. The molecule has 4 aromatic rings. The lowest BCUT2D eigenvalue weighted by Gasteiger charge is -2.34. The summed E-state index contributed by atoms with van der Waals surface area (Å²) in [5.41, 5.74) is 0.777.